The highest BCUT2D eigenvalue weighted by atomic mass is 35.6. The Bertz CT molecular complexity index is 259. The molecule has 0 spiro atoms. The van der Waals surface area contributed by atoms with Gasteiger partial charge in [0.05, 0.1) is 12.4 Å². The first-order valence-corrected chi connectivity index (χ1v) is 6.41. The van der Waals surface area contributed by atoms with Gasteiger partial charge in [0.1, 0.15) is 5.25 Å². The average Bonchev–Trinajstić information content (AvgIpc) is 2.10. The summed E-state index contributed by atoms with van der Waals surface area (Å²) < 4.78 is 2.86. The van der Waals surface area contributed by atoms with Gasteiger partial charge in [0.2, 0.25) is 10.3 Å². The molecule has 0 bridgehead atoms. The molecule has 9 heteroatoms. The van der Waals surface area contributed by atoms with Gasteiger partial charge in [-0.25, -0.2) is 0 Å². The molecule has 0 saturated heterocycles. The molecule has 0 N–H and O–H groups in total. The minimum absolute atomic E-state index is 0.0831. The smallest absolute Gasteiger partial charge is 0.315 e. The third-order valence-corrected chi connectivity index (χ3v) is 3.87. The number of ether oxygens (including phenoxy) is 1. The number of thioether (sulfide) groups is 1. The Balaban J connectivity index is 4.23. The van der Waals surface area contributed by atoms with E-state index in [4.69, 9.17) is 34.8 Å². The molecule has 1 atom stereocenters. The number of nitrogens with zero attached hydrogens (tertiary/aromatic N) is 1. The summed E-state index contributed by atoms with van der Waals surface area (Å²) in [6.07, 6.45) is 0. The second-order valence-electron chi connectivity index (χ2n) is 2.66. The Morgan fingerprint density at radius 2 is 2.12 bits per heavy atom. The molecule has 0 aliphatic heterocycles. The van der Waals surface area contributed by atoms with Gasteiger partial charge in [-0.3, -0.25) is 14.9 Å². The van der Waals surface area contributed by atoms with Gasteiger partial charge in [0, 0.05) is 4.92 Å². The van der Waals surface area contributed by atoms with E-state index < -0.39 is 26.5 Å². The van der Waals surface area contributed by atoms with Crippen LogP contribution in [0.5, 0.6) is 0 Å². The monoisotopic (exact) mass is 309 g/mol. The molecular weight excluding hydrogens is 301 g/mol. The predicted octanol–water partition coefficient (Wildman–Crippen LogP) is 2.30. The summed E-state index contributed by atoms with van der Waals surface area (Å²) in [7, 11) is 0. The lowest BCUT2D eigenvalue weighted by Crippen LogP contribution is -2.31. The second-order valence-corrected chi connectivity index (χ2v) is 6.22. The van der Waals surface area contributed by atoms with Crippen LogP contribution in [0.25, 0.3) is 0 Å². The van der Waals surface area contributed by atoms with Crippen molar-refractivity contribution in [3.63, 3.8) is 0 Å². The van der Waals surface area contributed by atoms with Crippen LogP contribution in [0.1, 0.15) is 6.92 Å². The van der Waals surface area contributed by atoms with Gasteiger partial charge in [-0.2, -0.15) is 0 Å². The highest BCUT2D eigenvalue weighted by molar-refractivity contribution is 8.00. The fourth-order valence-electron chi connectivity index (χ4n) is 0.757. The molecule has 94 valence electrons. The van der Waals surface area contributed by atoms with E-state index >= 15 is 0 Å². The first-order valence-electron chi connectivity index (χ1n) is 4.23. The van der Waals surface area contributed by atoms with Crippen LogP contribution in [0.4, 0.5) is 0 Å². The molecule has 0 fully saturated rings. The second kappa shape index (κ2) is 7.42. The van der Waals surface area contributed by atoms with Gasteiger partial charge < -0.3 is 4.74 Å². The number of rotatable bonds is 6. The lowest BCUT2D eigenvalue weighted by molar-refractivity contribution is -0.478. The van der Waals surface area contributed by atoms with Gasteiger partial charge in [0.15, 0.2) is 0 Å². The zero-order valence-electron chi connectivity index (χ0n) is 8.32. The number of alkyl halides is 3. The normalized spacial score (nSPS) is 13.2. The van der Waals surface area contributed by atoms with E-state index in [0.717, 1.165) is 11.8 Å². The number of carbonyl (C=O) groups excluding carboxylic acids is 1. The Kier molecular flexibility index (Phi) is 7.46. The van der Waals surface area contributed by atoms with Crippen LogP contribution in [-0.4, -0.2) is 38.8 Å². The fourth-order valence-corrected chi connectivity index (χ4v) is 2.37. The van der Waals surface area contributed by atoms with E-state index in [1.807, 2.05) is 0 Å². The van der Waals surface area contributed by atoms with Gasteiger partial charge in [-0.05, 0) is 6.92 Å². The van der Waals surface area contributed by atoms with Crippen molar-refractivity contribution in [1.82, 2.24) is 0 Å². The van der Waals surface area contributed by atoms with Crippen LogP contribution in [0.15, 0.2) is 0 Å². The van der Waals surface area contributed by atoms with Gasteiger partial charge in [-0.1, -0.05) is 34.8 Å². The standard InChI is InChI=1S/C7H10Cl3NO4S/c1-2-15-6(12)4-16-5(3-11(13)14)7(8,9)10/h5H,2-4H2,1H3. The lowest BCUT2D eigenvalue weighted by atomic mass is 10.5. The van der Waals surface area contributed by atoms with Gasteiger partial charge >= 0.3 is 5.97 Å². The first-order chi connectivity index (χ1) is 7.27. The molecule has 0 amide bonds. The van der Waals surface area contributed by atoms with Crippen LogP contribution in [0.3, 0.4) is 0 Å². The summed E-state index contributed by atoms with van der Waals surface area (Å²) >= 11 is 17.6. The van der Waals surface area contributed by atoms with Crippen molar-refractivity contribution >= 4 is 52.5 Å². The van der Waals surface area contributed by atoms with E-state index in [9.17, 15) is 14.9 Å². The summed E-state index contributed by atoms with van der Waals surface area (Å²) in [5.74, 6) is -0.574. The van der Waals surface area contributed by atoms with E-state index in [2.05, 4.69) is 4.74 Å². The van der Waals surface area contributed by atoms with Crippen molar-refractivity contribution in [2.45, 2.75) is 16.0 Å². The van der Waals surface area contributed by atoms with E-state index in [-0.39, 0.29) is 12.4 Å². The molecule has 0 heterocycles. The maximum absolute atomic E-state index is 11.0. The minimum atomic E-state index is -1.79. The predicted molar refractivity (Wildman–Crippen MR) is 65.0 cm³/mol. The van der Waals surface area contributed by atoms with Gasteiger partial charge in [0.25, 0.3) is 0 Å². The van der Waals surface area contributed by atoms with Crippen molar-refractivity contribution in [3.05, 3.63) is 10.1 Å². The summed E-state index contributed by atoms with van der Waals surface area (Å²) in [6, 6.07) is 0. The molecule has 0 radical (unpaired) electrons. The topological polar surface area (TPSA) is 69.4 Å². The molecule has 1 unspecified atom stereocenters. The molecular formula is C7H10Cl3NO4S. The third kappa shape index (κ3) is 7.38. The lowest BCUT2D eigenvalue weighted by Gasteiger charge is -2.19. The maximum atomic E-state index is 11.0. The number of hydrogen-bond acceptors (Lipinski definition) is 5. The van der Waals surface area contributed by atoms with Crippen LogP contribution in [0, 0.1) is 10.1 Å². The Morgan fingerprint density at radius 3 is 2.50 bits per heavy atom. The van der Waals surface area contributed by atoms with Crippen LogP contribution in [-0.2, 0) is 9.53 Å². The average molecular weight is 311 g/mol. The molecule has 16 heavy (non-hydrogen) atoms. The number of halogens is 3. The molecule has 0 rings (SSSR count). The Hall–Kier alpha value is 0.0900. The van der Waals surface area contributed by atoms with E-state index in [1.165, 1.54) is 0 Å². The zero-order chi connectivity index (χ0) is 12.8. The van der Waals surface area contributed by atoms with Crippen LogP contribution in [0.2, 0.25) is 0 Å². The molecule has 0 aromatic rings. The number of esters is 1. The minimum Gasteiger partial charge on any atom is -0.465 e. The fraction of sp³-hybridized carbons (Fsp3) is 0.857. The number of carbonyl (C=O) groups is 1. The van der Waals surface area contributed by atoms with Crippen molar-refractivity contribution in [2.75, 3.05) is 18.9 Å². The quantitative estimate of drug-likeness (QED) is 0.326. The first kappa shape index (κ1) is 16.1. The molecule has 0 aliphatic carbocycles. The van der Waals surface area contributed by atoms with Crippen LogP contribution >= 0.6 is 46.6 Å². The Morgan fingerprint density at radius 1 is 1.56 bits per heavy atom. The van der Waals surface area contributed by atoms with Gasteiger partial charge in [-0.15, -0.1) is 11.8 Å². The summed E-state index contributed by atoms with van der Waals surface area (Å²) in [6.45, 7) is 1.37. The largest absolute Gasteiger partial charge is 0.465 e. The highest BCUT2D eigenvalue weighted by Gasteiger charge is 2.37. The molecule has 0 aromatic carbocycles. The van der Waals surface area contributed by atoms with Crippen molar-refractivity contribution in [2.24, 2.45) is 0 Å². The van der Waals surface area contributed by atoms with Crippen molar-refractivity contribution in [3.8, 4) is 0 Å². The maximum Gasteiger partial charge on any atom is 0.315 e. The van der Waals surface area contributed by atoms with Crippen molar-refractivity contribution in [1.29, 1.82) is 0 Å². The van der Waals surface area contributed by atoms with Crippen LogP contribution < -0.4 is 0 Å². The molecule has 0 aromatic heterocycles. The van der Waals surface area contributed by atoms with E-state index in [1.54, 1.807) is 6.92 Å². The summed E-state index contributed by atoms with van der Waals surface area (Å²) in [4.78, 5) is 20.8. The summed E-state index contributed by atoms with van der Waals surface area (Å²) in [5.41, 5.74) is 0. The Labute approximate surface area is 112 Å². The third-order valence-electron chi connectivity index (χ3n) is 1.39. The van der Waals surface area contributed by atoms with Crippen molar-refractivity contribution < 1.29 is 14.5 Å². The SMILES string of the molecule is CCOC(=O)CSC(C[N+](=O)[O-])C(Cl)(Cl)Cl. The molecule has 5 nitrogen and oxygen atoms in total. The number of nitro groups is 1. The highest BCUT2D eigenvalue weighted by Crippen LogP contribution is 2.37. The van der Waals surface area contributed by atoms with E-state index in [0.29, 0.717) is 0 Å². The molecule has 0 aliphatic rings. The zero-order valence-corrected chi connectivity index (χ0v) is 11.4. The number of hydrogen-bond donors (Lipinski definition) is 0. The molecule has 0 saturated carbocycles. The summed E-state index contributed by atoms with van der Waals surface area (Å²) in [5, 5.41) is 9.44.